The molecule has 0 spiro atoms. The maximum atomic E-state index is 13.1. The van der Waals surface area contributed by atoms with Crippen molar-refractivity contribution in [3.8, 4) is 11.8 Å². The van der Waals surface area contributed by atoms with Crippen LogP contribution in [0.1, 0.15) is 11.1 Å². The lowest BCUT2D eigenvalue weighted by molar-refractivity contribution is -0.137. The number of carbonyl (C=O) groups excluding carboxylic acids is 1. The van der Waals surface area contributed by atoms with Crippen molar-refractivity contribution in [2.75, 3.05) is 23.7 Å². The molecule has 32 heavy (non-hydrogen) atoms. The Bertz CT molecular complexity index is 1150. The number of halogens is 4. The van der Waals surface area contributed by atoms with Crippen molar-refractivity contribution < 1.29 is 31.1 Å². The standard InChI is InChI=1S/C19H16ClF3N4O4S/c1-32(29,30)27(14-4-7-17(20)16(10-14)19(21,22)23)12-18(28)26-25-11-13-2-5-15(6-3-13)31-9-8-24/h2-7,10-11H,9,12H2,1H3,(H,26,28)/b25-11-. The number of nitrogens with one attached hydrogen (secondary N) is 1. The maximum absolute atomic E-state index is 13.1. The van der Waals surface area contributed by atoms with Crippen molar-refractivity contribution in [2.45, 2.75) is 6.18 Å². The van der Waals surface area contributed by atoms with Gasteiger partial charge in [-0.3, -0.25) is 9.10 Å². The lowest BCUT2D eigenvalue weighted by atomic mass is 10.2. The van der Waals surface area contributed by atoms with Crippen LogP contribution in [0.2, 0.25) is 5.02 Å². The predicted octanol–water partition coefficient (Wildman–Crippen LogP) is 3.18. The van der Waals surface area contributed by atoms with Gasteiger partial charge >= 0.3 is 6.18 Å². The second-order valence-corrected chi connectivity index (χ2v) is 8.55. The van der Waals surface area contributed by atoms with E-state index in [1.807, 2.05) is 6.07 Å². The van der Waals surface area contributed by atoms with E-state index in [-0.39, 0.29) is 12.3 Å². The van der Waals surface area contributed by atoms with E-state index in [4.69, 9.17) is 21.6 Å². The molecule has 0 aromatic heterocycles. The second kappa shape index (κ2) is 10.3. The Hall–Kier alpha value is -3.30. The Labute approximate surface area is 186 Å². The first kappa shape index (κ1) is 25.0. The van der Waals surface area contributed by atoms with E-state index in [0.29, 0.717) is 21.7 Å². The summed E-state index contributed by atoms with van der Waals surface area (Å²) in [6.45, 7) is -0.922. The molecule has 8 nitrogen and oxygen atoms in total. The molecule has 0 aliphatic rings. The molecule has 2 aromatic rings. The zero-order valence-electron chi connectivity index (χ0n) is 16.4. The summed E-state index contributed by atoms with van der Waals surface area (Å²) in [7, 11) is -4.10. The predicted molar refractivity (Wildman–Crippen MR) is 112 cm³/mol. The molecule has 1 N–H and O–H groups in total. The third-order valence-electron chi connectivity index (χ3n) is 3.82. The molecule has 0 bridgehead atoms. The van der Waals surface area contributed by atoms with Gasteiger partial charge in [0.2, 0.25) is 10.0 Å². The number of sulfonamides is 1. The monoisotopic (exact) mass is 488 g/mol. The molecule has 0 saturated carbocycles. The Morgan fingerprint density at radius 2 is 1.94 bits per heavy atom. The molecule has 0 unspecified atom stereocenters. The van der Waals surface area contributed by atoms with E-state index in [1.54, 1.807) is 24.3 Å². The van der Waals surface area contributed by atoms with Crippen LogP contribution < -0.4 is 14.5 Å². The molecule has 0 saturated heterocycles. The highest BCUT2D eigenvalue weighted by Crippen LogP contribution is 2.37. The summed E-state index contributed by atoms with van der Waals surface area (Å²) in [6, 6.07) is 10.7. The quantitative estimate of drug-likeness (QED) is 0.453. The topological polar surface area (TPSA) is 112 Å². The summed E-state index contributed by atoms with van der Waals surface area (Å²) >= 11 is 5.56. The molecule has 2 rings (SSSR count). The average Bonchev–Trinajstić information content (AvgIpc) is 2.70. The molecule has 0 radical (unpaired) electrons. The number of hydrogen-bond acceptors (Lipinski definition) is 6. The normalized spacial score (nSPS) is 11.8. The van der Waals surface area contributed by atoms with Crippen LogP contribution in [0.3, 0.4) is 0 Å². The van der Waals surface area contributed by atoms with Crippen LogP contribution in [0.25, 0.3) is 0 Å². The number of carbonyl (C=O) groups is 1. The van der Waals surface area contributed by atoms with Crippen LogP contribution in [0, 0.1) is 11.3 Å². The van der Waals surface area contributed by atoms with Gasteiger partial charge in [-0.25, -0.2) is 13.8 Å². The van der Waals surface area contributed by atoms with Gasteiger partial charge in [0, 0.05) is 0 Å². The average molecular weight is 489 g/mol. The molecule has 0 fully saturated rings. The minimum Gasteiger partial charge on any atom is -0.479 e. The van der Waals surface area contributed by atoms with Gasteiger partial charge in [0.1, 0.15) is 18.4 Å². The number of amides is 1. The summed E-state index contributed by atoms with van der Waals surface area (Å²) in [6.07, 6.45) is -2.79. The zero-order valence-corrected chi connectivity index (χ0v) is 18.0. The SMILES string of the molecule is CS(=O)(=O)N(CC(=O)N/N=C\c1ccc(OCC#N)cc1)c1ccc(Cl)c(C(F)(F)F)c1. The number of nitriles is 1. The highest BCUT2D eigenvalue weighted by Gasteiger charge is 2.34. The van der Waals surface area contributed by atoms with Gasteiger partial charge in [-0.1, -0.05) is 11.6 Å². The van der Waals surface area contributed by atoms with Crippen molar-refractivity contribution in [1.82, 2.24) is 5.43 Å². The van der Waals surface area contributed by atoms with E-state index in [9.17, 15) is 26.4 Å². The molecule has 0 aliphatic heterocycles. The van der Waals surface area contributed by atoms with Gasteiger partial charge < -0.3 is 4.74 Å². The molecule has 0 atom stereocenters. The maximum Gasteiger partial charge on any atom is 0.417 e. The Balaban J connectivity index is 2.11. The lowest BCUT2D eigenvalue weighted by Gasteiger charge is -2.22. The number of nitrogens with zero attached hydrogens (tertiary/aromatic N) is 3. The summed E-state index contributed by atoms with van der Waals surface area (Å²) in [5.41, 5.74) is 1.06. The molecule has 0 heterocycles. The molecule has 1 amide bonds. The van der Waals surface area contributed by atoms with Crippen molar-refractivity contribution in [3.63, 3.8) is 0 Å². The van der Waals surface area contributed by atoms with Crippen molar-refractivity contribution in [3.05, 3.63) is 58.6 Å². The fourth-order valence-corrected chi connectivity index (χ4v) is 3.47. The second-order valence-electron chi connectivity index (χ2n) is 6.24. The summed E-state index contributed by atoms with van der Waals surface area (Å²) in [4.78, 5) is 12.2. The van der Waals surface area contributed by atoms with Gasteiger partial charge in [-0.05, 0) is 48.0 Å². The number of hydrogen-bond donors (Lipinski definition) is 1. The van der Waals surface area contributed by atoms with Gasteiger partial charge in [0.05, 0.1) is 28.7 Å². The van der Waals surface area contributed by atoms with Gasteiger partial charge in [-0.15, -0.1) is 0 Å². The summed E-state index contributed by atoms with van der Waals surface area (Å²) < 4.78 is 69.0. The van der Waals surface area contributed by atoms with Crippen molar-refractivity contribution in [1.29, 1.82) is 5.26 Å². The highest BCUT2D eigenvalue weighted by molar-refractivity contribution is 7.92. The number of alkyl halides is 3. The van der Waals surface area contributed by atoms with E-state index in [2.05, 4.69) is 10.5 Å². The molecular formula is C19H16ClF3N4O4S. The van der Waals surface area contributed by atoms with Crippen LogP contribution >= 0.6 is 11.6 Å². The van der Waals surface area contributed by atoms with Crippen LogP contribution in [-0.2, 0) is 21.0 Å². The van der Waals surface area contributed by atoms with E-state index >= 15 is 0 Å². The van der Waals surface area contributed by atoms with Crippen molar-refractivity contribution >= 4 is 39.4 Å². The summed E-state index contributed by atoms with van der Waals surface area (Å²) in [5, 5.41) is 11.6. The number of rotatable bonds is 8. The van der Waals surface area contributed by atoms with Crippen LogP contribution in [0.15, 0.2) is 47.6 Å². The molecule has 2 aromatic carbocycles. The highest BCUT2D eigenvalue weighted by atomic mass is 35.5. The number of ether oxygens (including phenoxy) is 1. The van der Waals surface area contributed by atoms with Crippen molar-refractivity contribution in [2.24, 2.45) is 5.10 Å². The van der Waals surface area contributed by atoms with Crippen LogP contribution in [-0.4, -0.2) is 39.9 Å². The molecule has 13 heteroatoms. The third kappa shape index (κ3) is 7.14. The largest absolute Gasteiger partial charge is 0.479 e. The van der Waals surface area contributed by atoms with E-state index in [1.165, 1.54) is 6.21 Å². The Morgan fingerprint density at radius 1 is 1.28 bits per heavy atom. The minimum atomic E-state index is -4.81. The first-order chi connectivity index (χ1) is 14.9. The molecular weight excluding hydrogens is 473 g/mol. The fraction of sp³-hybridized carbons (Fsp3) is 0.211. The number of anilines is 1. The molecule has 170 valence electrons. The van der Waals surface area contributed by atoms with Gasteiger partial charge in [0.25, 0.3) is 5.91 Å². The lowest BCUT2D eigenvalue weighted by Crippen LogP contribution is -2.39. The summed E-state index contributed by atoms with van der Waals surface area (Å²) in [5.74, 6) is -0.429. The van der Waals surface area contributed by atoms with Crippen LogP contribution in [0.5, 0.6) is 5.75 Å². The van der Waals surface area contributed by atoms with Crippen LogP contribution in [0.4, 0.5) is 18.9 Å². The number of hydrazone groups is 1. The minimum absolute atomic E-state index is 0.113. The smallest absolute Gasteiger partial charge is 0.417 e. The Morgan fingerprint density at radius 3 is 2.50 bits per heavy atom. The zero-order chi connectivity index (χ0) is 23.9. The van der Waals surface area contributed by atoms with Gasteiger partial charge in [-0.2, -0.15) is 23.5 Å². The molecule has 0 aliphatic carbocycles. The van der Waals surface area contributed by atoms with Gasteiger partial charge in [0.15, 0.2) is 6.61 Å². The third-order valence-corrected chi connectivity index (χ3v) is 5.29. The first-order valence-corrected chi connectivity index (χ1v) is 10.9. The van der Waals surface area contributed by atoms with E-state index < -0.39 is 39.2 Å². The fourth-order valence-electron chi connectivity index (χ4n) is 2.40. The first-order valence-electron chi connectivity index (χ1n) is 8.68. The number of benzene rings is 2. The van der Waals surface area contributed by atoms with E-state index in [0.717, 1.165) is 18.4 Å². The Kier molecular flexibility index (Phi) is 8.07.